The summed E-state index contributed by atoms with van der Waals surface area (Å²) >= 11 is 0. The maximum Gasteiger partial charge on any atom is 0.404 e. The van der Waals surface area contributed by atoms with Gasteiger partial charge in [-0.05, 0) is 42.0 Å². The fourth-order valence-electron chi connectivity index (χ4n) is 3.75. The first-order valence-corrected chi connectivity index (χ1v) is 9.43. The van der Waals surface area contributed by atoms with Crippen LogP contribution < -0.4 is 10.1 Å². The zero-order valence-corrected chi connectivity index (χ0v) is 16.7. The molecule has 1 fully saturated rings. The van der Waals surface area contributed by atoms with Gasteiger partial charge in [-0.25, -0.2) is 4.79 Å². The van der Waals surface area contributed by atoms with Gasteiger partial charge in [0.05, 0.1) is 17.7 Å². The molecule has 1 aromatic heterocycles. The van der Waals surface area contributed by atoms with Gasteiger partial charge in [-0.3, -0.25) is 15.1 Å². The largest absolute Gasteiger partial charge is 0.491 e. The molecular formula is C21H25N3O5. The van der Waals surface area contributed by atoms with E-state index in [9.17, 15) is 20.0 Å². The van der Waals surface area contributed by atoms with E-state index in [1.54, 1.807) is 24.5 Å². The number of benzene rings is 1. The van der Waals surface area contributed by atoms with Crippen LogP contribution >= 0.6 is 0 Å². The molecule has 3 rings (SSSR count). The number of rotatable bonds is 7. The van der Waals surface area contributed by atoms with E-state index < -0.39 is 11.0 Å². The van der Waals surface area contributed by atoms with Crippen LogP contribution in [-0.4, -0.2) is 33.8 Å². The summed E-state index contributed by atoms with van der Waals surface area (Å²) in [7, 11) is 0. The average Bonchev–Trinajstić information content (AvgIpc) is 3.45. The fraction of sp³-hybridized carbons (Fsp3) is 0.429. The molecule has 1 atom stereocenters. The van der Waals surface area contributed by atoms with Crippen LogP contribution in [0.25, 0.3) is 11.1 Å². The highest BCUT2D eigenvalue weighted by Gasteiger charge is 2.54. The summed E-state index contributed by atoms with van der Waals surface area (Å²) in [6.07, 6.45) is 4.04. The van der Waals surface area contributed by atoms with Gasteiger partial charge >= 0.3 is 6.09 Å². The molecule has 0 radical (unpaired) electrons. The standard InChI is InChI=1S/C21H25N3O5/c1-20(2,3)18(23-19(25)26)21(8-9-21)13-29-17-10-15(11-22-12-17)14-4-6-16(7-5-14)24(27)28/h4-7,10-12,18,23H,8-9,13H2,1-3H3,(H,25,26). The Morgan fingerprint density at radius 3 is 2.45 bits per heavy atom. The molecular weight excluding hydrogens is 374 g/mol. The van der Waals surface area contributed by atoms with Gasteiger partial charge in [0, 0.05) is 35.3 Å². The van der Waals surface area contributed by atoms with E-state index in [0.29, 0.717) is 12.4 Å². The minimum atomic E-state index is -1.03. The van der Waals surface area contributed by atoms with Gasteiger partial charge < -0.3 is 15.2 Å². The van der Waals surface area contributed by atoms with E-state index in [1.165, 1.54) is 12.1 Å². The number of pyridine rings is 1. The van der Waals surface area contributed by atoms with Crippen LogP contribution in [0, 0.1) is 20.9 Å². The molecule has 8 nitrogen and oxygen atoms in total. The Hall–Kier alpha value is -3.16. The number of hydrogen-bond acceptors (Lipinski definition) is 5. The molecule has 2 aromatic rings. The molecule has 1 unspecified atom stereocenters. The van der Waals surface area contributed by atoms with Crippen molar-refractivity contribution in [2.45, 2.75) is 39.7 Å². The molecule has 154 valence electrons. The summed E-state index contributed by atoms with van der Waals surface area (Å²) in [5.74, 6) is 0.579. The number of carboxylic acid groups (broad SMARTS) is 1. The lowest BCUT2D eigenvalue weighted by molar-refractivity contribution is -0.384. The molecule has 0 aliphatic heterocycles. The van der Waals surface area contributed by atoms with Crippen LogP contribution in [0.4, 0.5) is 10.5 Å². The minimum absolute atomic E-state index is 0.0314. The molecule has 1 aliphatic rings. The highest BCUT2D eigenvalue weighted by atomic mass is 16.6. The number of nitrogens with zero attached hydrogens (tertiary/aromatic N) is 2. The number of hydrogen-bond donors (Lipinski definition) is 2. The van der Waals surface area contributed by atoms with Crippen molar-refractivity contribution in [3.63, 3.8) is 0 Å². The molecule has 8 heteroatoms. The van der Waals surface area contributed by atoms with Gasteiger partial charge in [0.15, 0.2) is 0 Å². The van der Waals surface area contributed by atoms with E-state index in [4.69, 9.17) is 4.74 Å². The number of amides is 1. The first-order chi connectivity index (χ1) is 13.6. The summed E-state index contributed by atoms with van der Waals surface area (Å²) < 4.78 is 6.01. The van der Waals surface area contributed by atoms with Crippen molar-refractivity contribution in [1.29, 1.82) is 0 Å². The smallest absolute Gasteiger partial charge is 0.404 e. The van der Waals surface area contributed by atoms with Gasteiger partial charge in [0.25, 0.3) is 5.69 Å². The van der Waals surface area contributed by atoms with Crippen molar-refractivity contribution in [1.82, 2.24) is 10.3 Å². The normalized spacial score (nSPS) is 16.0. The zero-order valence-electron chi connectivity index (χ0n) is 16.7. The first-order valence-electron chi connectivity index (χ1n) is 9.43. The summed E-state index contributed by atoms with van der Waals surface area (Å²) in [6, 6.07) is 7.86. The van der Waals surface area contributed by atoms with E-state index >= 15 is 0 Å². The number of nitrogens with one attached hydrogen (secondary N) is 1. The third kappa shape index (κ3) is 4.82. The lowest BCUT2D eigenvalue weighted by Gasteiger charge is -2.37. The zero-order chi connectivity index (χ0) is 21.2. The number of nitro groups is 1. The van der Waals surface area contributed by atoms with Crippen LogP contribution in [0.2, 0.25) is 0 Å². The van der Waals surface area contributed by atoms with Crippen LogP contribution in [0.15, 0.2) is 42.7 Å². The van der Waals surface area contributed by atoms with Gasteiger partial charge in [0.1, 0.15) is 5.75 Å². The molecule has 2 N–H and O–H groups in total. The van der Waals surface area contributed by atoms with E-state index in [-0.39, 0.29) is 22.6 Å². The lowest BCUT2D eigenvalue weighted by Crippen LogP contribution is -2.51. The van der Waals surface area contributed by atoms with Crippen molar-refractivity contribution >= 4 is 11.8 Å². The van der Waals surface area contributed by atoms with Crippen LogP contribution in [0.5, 0.6) is 5.75 Å². The summed E-state index contributed by atoms with van der Waals surface area (Å²) in [6.45, 7) is 6.44. The van der Waals surface area contributed by atoms with Crippen molar-refractivity contribution in [3.05, 3.63) is 52.8 Å². The third-order valence-electron chi connectivity index (χ3n) is 5.29. The average molecular weight is 399 g/mol. The molecule has 29 heavy (non-hydrogen) atoms. The Morgan fingerprint density at radius 2 is 1.93 bits per heavy atom. The van der Waals surface area contributed by atoms with Gasteiger partial charge in [-0.2, -0.15) is 0 Å². The molecule has 1 aliphatic carbocycles. The van der Waals surface area contributed by atoms with E-state index in [2.05, 4.69) is 10.3 Å². The minimum Gasteiger partial charge on any atom is -0.491 e. The Kier molecular flexibility index (Phi) is 5.46. The Balaban J connectivity index is 1.73. The second-order valence-electron chi connectivity index (χ2n) is 8.61. The number of carbonyl (C=O) groups is 1. The van der Waals surface area contributed by atoms with E-state index in [1.807, 2.05) is 26.8 Å². The van der Waals surface area contributed by atoms with Crippen LogP contribution in [0.3, 0.4) is 0 Å². The van der Waals surface area contributed by atoms with Crippen LogP contribution in [0.1, 0.15) is 33.6 Å². The monoisotopic (exact) mass is 399 g/mol. The quantitative estimate of drug-likeness (QED) is 0.523. The first kappa shape index (κ1) is 20.6. The van der Waals surface area contributed by atoms with E-state index in [0.717, 1.165) is 24.0 Å². The molecule has 0 bridgehead atoms. The molecule has 0 spiro atoms. The molecule has 1 amide bonds. The predicted octanol–water partition coefficient (Wildman–Crippen LogP) is 4.50. The molecule has 1 aromatic carbocycles. The fourth-order valence-corrected chi connectivity index (χ4v) is 3.75. The maximum absolute atomic E-state index is 11.3. The SMILES string of the molecule is CC(C)(C)C(NC(=O)O)C1(COc2cncc(-c3ccc([N+](=O)[O-])cc3)c2)CC1. The van der Waals surface area contributed by atoms with Crippen LogP contribution in [-0.2, 0) is 0 Å². The summed E-state index contributed by atoms with van der Waals surface area (Å²) in [5, 5.41) is 22.7. The number of non-ortho nitro benzene ring substituents is 1. The molecule has 0 saturated heterocycles. The predicted molar refractivity (Wildman–Crippen MR) is 108 cm³/mol. The highest BCUT2D eigenvalue weighted by Crippen LogP contribution is 2.53. The number of nitro benzene ring substituents is 1. The van der Waals surface area contributed by atoms with Gasteiger partial charge in [-0.1, -0.05) is 20.8 Å². The third-order valence-corrected chi connectivity index (χ3v) is 5.29. The molecule has 1 heterocycles. The number of ether oxygens (including phenoxy) is 1. The lowest BCUT2D eigenvalue weighted by atomic mass is 9.77. The van der Waals surface area contributed by atoms with Crippen molar-refractivity contribution in [2.75, 3.05) is 6.61 Å². The second kappa shape index (κ2) is 7.69. The summed E-state index contributed by atoms with van der Waals surface area (Å²) in [5.41, 5.74) is 1.15. The molecule has 1 saturated carbocycles. The Bertz CT molecular complexity index is 901. The second-order valence-corrected chi connectivity index (χ2v) is 8.61. The highest BCUT2D eigenvalue weighted by molar-refractivity contribution is 5.66. The van der Waals surface area contributed by atoms with Crippen molar-refractivity contribution < 1.29 is 19.6 Å². The van der Waals surface area contributed by atoms with Gasteiger partial charge in [0.2, 0.25) is 0 Å². The maximum atomic E-state index is 11.3. The topological polar surface area (TPSA) is 115 Å². The number of aromatic nitrogens is 1. The summed E-state index contributed by atoms with van der Waals surface area (Å²) in [4.78, 5) is 25.9. The van der Waals surface area contributed by atoms with Gasteiger partial charge in [-0.15, -0.1) is 0 Å². The Morgan fingerprint density at radius 1 is 1.28 bits per heavy atom. The Labute approximate surface area is 169 Å². The van der Waals surface area contributed by atoms with Crippen molar-refractivity contribution in [2.24, 2.45) is 10.8 Å². The van der Waals surface area contributed by atoms with Crippen molar-refractivity contribution in [3.8, 4) is 16.9 Å².